The van der Waals surface area contributed by atoms with Crippen LogP contribution in [0.5, 0.6) is 0 Å². The highest BCUT2D eigenvalue weighted by atomic mass is 79.9. The Morgan fingerprint density at radius 2 is 1.33 bits per heavy atom. The van der Waals surface area contributed by atoms with Crippen molar-refractivity contribution in [2.45, 2.75) is 18.3 Å². The van der Waals surface area contributed by atoms with Gasteiger partial charge in [0, 0.05) is 4.47 Å². The number of allylic oxidation sites excluding steroid dienone is 4. The Kier molecular flexibility index (Phi) is 3.31. The predicted molar refractivity (Wildman–Crippen MR) is 119 cm³/mol. The molecule has 0 N–H and O–H groups in total. The van der Waals surface area contributed by atoms with E-state index in [2.05, 4.69) is 105 Å². The molecule has 130 valence electrons. The Morgan fingerprint density at radius 3 is 2.04 bits per heavy atom. The summed E-state index contributed by atoms with van der Waals surface area (Å²) in [4.78, 5) is 0. The van der Waals surface area contributed by atoms with Gasteiger partial charge in [0.15, 0.2) is 0 Å². The van der Waals surface area contributed by atoms with Crippen molar-refractivity contribution in [3.63, 3.8) is 0 Å². The molecule has 0 bridgehead atoms. The molecular weight excluding hydrogens is 460 g/mol. The van der Waals surface area contributed by atoms with Crippen LogP contribution < -0.4 is 0 Å². The summed E-state index contributed by atoms with van der Waals surface area (Å²) in [6.07, 6.45) is 4.56. The van der Waals surface area contributed by atoms with Crippen LogP contribution in [0, 0.1) is 0 Å². The number of benzene rings is 3. The largest absolute Gasteiger partial charge is 0.0722 e. The van der Waals surface area contributed by atoms with Crippen LogP contribution in [0.1, 0.15) is 35.1 Å². The smallest absolute Gasteiger partial charge is 0.0619 e. The molecule has 3 aliphatic carbocycles. The zero-order chi connectivity index (χ0) is 18.2. The van der Waals surface area contributed by atoms with Gasteiger partial charge in [-0.25, -0.2) is 0 Å². The van der Waals surface area contributed by atoms with E-state index in [9.17, 15) is 0 Å². The number of hydrogen-bond acceptors (Lipinski definition) is 0. The summed E-state index contributed by atoms with van der Waals surface area (Å²) in [5, 5.41) is 0. The summed E-state index contributed by atoms with van der Waals surface area (Å²) in [5.41, 5.74) is 11.1. The maximum atomic E-state index is 3.81. The fourth-order valence-corrected chi connectivity index (χ4v) is 6.15. The molecule has 0 radical (unpaired) electrons. The molecule has 0 fully saturated rings. The van der Waals surface area contributed by atoms with Crippen molar-refractivity contribution in [1.82, 2.24) is 0 Å². The normalized spacial score (nSPS) is 18.1. The van der Waals surface area contributed by atoms with Crippen molar-refractivity contribution in [3.8, 4) is 11.1 Å². The second-order valence-electron chi connectivity index (χ2n) is 7.51. The van der Waals surface area contributed by atoms with Gasteiger partial charge >= 0.3 is 0 Å². The minimum atomic E-state index is -0.207. The SMILES string of the molecule is BrC1=CC2=C(CC1)c1ccc(Br)cc1C21c2ccccc2-c2ccccc21. The van der Waals surface area contributed by atoms with Crippen molar-refractivity contribution in [2.24, 2.45) is 0 Å². The maximum absolute atomic E-state index is 3.81. The van der Waals surface area contributed by atoms with Gasteiger partial charge in [0.2, 0.25) is 0 Å². The lowest BCUT2D eigenvalue weighted by Crippen LogP contribution is -2.27. The second kappa shape index (κ2) is 5.56. The molecule has 3 aromatic rings. The third-order valence-corrected chi connectivity index (χ3v) is 7.43. The van der Waals surface area contributed by atoms with Gasteiger partial charge in [0.05, 0.1) is 5.41 Å². The van der Waals surface area contributed by atoms with Crippen LogP contribution in [-0.2, 0) is 5.41 Å². The molecule has 1 spiro atoms. The highest BCUT2D eigenvalue weighted by Gasteiger charge is 2.52. The molecule has 0 aromatic heterocycles. The Hall–Kier alpha value is -1.90. The highest BCUT2D eigenvalue weighted by Crippen LogP contribution is 2.63. The number of halogens is 2. The zero-order valence-electron chi connectivity index (χ0n) is 14.6. The minimum absolute atomic E-state index is 0.207. The van der Waals surface area contributed by atoms with E-state index in [1.54, 1.807) is 0 Å². The zero-order valence-corrected chi connectivity index (χ0v) is 17.8. The summed E-state index contributed by atoms with van der Waals surface area (Å²) in [6, 6.07) is 24.7. The molecule has 0 aliphatic heterocycles. The summed E-state index contributed by atoms with van der Waals surface area (Å²) in [5.74, 6) is 0. The summed E-state index contributed by atoms with van der Waals surface area (Å²) in [6.45, 7) is 0. The molecule has 3 aliphatic rings. The Morgan fingerprint density at radius 1 is 0.667 bits per heavy atom. The lowest BCUT2D eigenvalue weighted by atomic mass is 9.69. The predicted octanol–water partition coefficient (Wildman–Crippen LogP) is 7.60. The van der Waals surface area contributed by atoms with Crippen LogP contribution in [0.25, 0.3) is 16.7 Å². The average Bonchev–Trinajstić information content (AvgIpc) is 3.14. The summed E-state index contributed by atoms with van der Waals surface area (Å²) in [7, 11) is 0. The molecule has 0 saturated heterocycles. The van der Waals surface area contributed by atoms with Crippen LogP contribution in [0.4, 0.5) is 0 Å². The van der Waals surface area contributed by atoms with Gasteiger partial charge in [-0.1, -0.05) is 86.5 Å². The monoisotopic (exact) mass is 474 g/mol. The number of fused-ring (bicyclic) bond motifs is 9. The average molecular weight is 476 g/mol. The first-order valence-corrected chi connectivity index (χ1v) is 10.9. The molecule has 0 amide bonds. The third-order valence-electron chi connectivity index (χ3n) is 6.31. The van der Waals surface area contributed by atoms with Crippen molar-refractivity contribution >= 4 is 37.4 Å². The van der Waals surface area contributed by atoms with Crippen molar-refractivity contribution in [1.29, 1.82) is 0 Å². The Bertz CT molecular complexity index is 1150. The lowest BCUT2D eigenvalue weighted by molar-refractivity contribution is 0.779. The molecule has 6 rings (SSSR count). The number of rotatable bonds is 0. The van der Waals surface area contributed by atoms with Gasteiger partial charge < -0.3 is 0 Å². The standard InChI is InChI=1S/C25H16Br2/c26-15-9-11-19-20-12-10-16(27)14-24(20)25(23(19)13-15)21-7-3-1-5-17(21)18-6-2-4-8-22(18)25/h1-9,11,13-14H,10,12H2. The van der Waals surface area contributed by atoms with Crippen LogP contribution in [0.15, 0.2) is 87.3 Å². The van der Waals surface area contributed by atoms with E-state index in [0.717, 1.165) is 17.3 Å². The van der Waals surface area contributed by atoms with E-state index in [1.165, 1.54) is 49.0 Å². The molecule has 2 heteroatoms. The van der Waals surface area contributed by atoms with Crippen LogP contribution in [0.3, 0.4) is 0 Å². The molecule has 27 heavy (non-hydrogen) atoms. The highest BCUT2D eigenvalue weighted by molar-refractivity contribution is 9.11. The van der Waals surface area contributed by atoms with E-state index < -0.39 is 0 Å². The quantitative estimate of drug-likeness (QED) is 0.314. The molecular formula is C25H16Br2. The molecule has 0 heterocycles. The molecule has 0 saturated carbocycles. The fraction of sp³-hybridized carbons (Fsp3) is 0.120. The van der Waals surface area contributed by atoms with Crippen molar-refractivity contribution < 1.29 is 0 Å². The van der Waals surface area contributed by atoms with E-state index >= 15 is 0 Å². The van der Waals surface area contributed by atoms with Crippen LogP contribution in [0.2, 0.25) is 0 Å². The van der Waals surface area contributed by atoms with Gasteiger partial charge in [-0.2, -0.15) is 0 Å². The Labute approximate surface area is 175 Å². The van der Waals surface area contributed by atoms with E-state index in [0.29, 0.717) is 0 Å². The maximum Gasteiger partial charge on any atom is 0.0722 e. The van der Waals surface area contributed by atoms with Gasteiger partial charge in [0.25, 0.3) is 0 Å². The van der Waals surface area contributed by atoms with Crippen molar-refractivity contribution in [3.05, 3.63) is 110 Å². The molecule has 3 aromatic carbocycles. The van der Waals surface area contributed by atoms with Crippen LogP contribution in [-0.4, -0.2) is 0 Å². The molecule has 0 unspecified atom stereocenters. The summed E-state index contributed by atoms with van der Waals surface area (Å²) >= 11 is 7.56. The second-order valence-corrected chi connectivity index (χ2v) is 9.45. The van der Waals surface area contributed by atoms with Gasteiger partial charge in [-0.3, -0.25) is 0 Å². The lowest BCUT2D eigenvalue weighted by Gasteiger charge is -2.32. The van der Waals surface area contributed by atoms with E-state index in [-0.39, 0.29) is 5.41 Å². The topological polar surface area (TPSA) is 0 Å². The number of hydrogen-bond donors (Lipinski definition) is 0. The first-order valence-electron chi connectivity index (χ1n) is 9.31. The van der Waals surface area contributed by atoms with Crippen LogP contribution >= 0.6 is 31.9 Å². The minimum Gasteiger partial charge on any atom is -0.0619 e. The van der Waals surface area contributed by atoms with Crippen molar-refractivity contribution in [2.75, 3.05) is 0 Å². The first-order chi connectivity index (χ1) is 13.2. The third kappa shape index (κ3) is 1.93. The fourth-order valence-electron chi connectivity index (χ4n) is 5.36. The summed E-state index contributed by atoms with van der Waals surface area (Å²) < 4.78 is 2.44. The van der Waals surface area contributed by atoms with Gasteiger partial charge in [-0.05, 0) is 80.1 Å². The molecule has 0 atom stereocenters. The van der Waals surface area contributed by atoms with E-state index in [1.807, 2.05) is 0 Å². The Balaban J connectivity index is 1.84. The van der Waals surface area contributed by atoms with Gasteiger partial charge in [0.1, 0.15) is 0 Å². The molecule has 0 nitrogen and oxygen atoms in total. The van der Waals surface area contributed by atoms with E-state index in [4.69, 9.17) is 0 Å². The van der Waals surface area contributed by atoms with Gasteiger partial charge in [-0.15, -0.1) is 0 Å². The first kappa shape index (κ1) is 16.1.